The van der Waals surface area contributed by atoms with E-state index in [1.807, 2.05) is 30.3 Å². The molecule has 1 aromatic carbocycles. The van der Waals surface area contributed by atoms with Gasteiger partial charge in [0.25, 0.3) is 0 Å². The maximum atomic E-state index is 4.56. The minimum atomic E-state index is 0.753. The van der Waals surface area contributed by atoms with Crippen LogP contribution in [-0.4, -0.2) is 17.2 Å². The molecule has 3 nitrogen and oxygen atoms in total. The highest BCUT2D eigenvalue weighted by Gasteiger charge is 2.12. The summed E-state index contributed by atoms with van der Waals surface area (Å²) in [6.07, 6.45) is 1.76. The second kappa shape index (κ2) is 3.77. The maximum Gasteiger partial charge on any atom is 0.175 e. The molecule has 2 aromatic rings. The van der Waals surface area contributed by atoms with E-state index in [9.17, 15) is 0 Å². The van der Waals surface area contributed by atoms with Crippen LogP contribution in [0.1, 0.15) is 5.56 Å². The summed E-state index contributed by atoms with van der Waals surface area (Å²) in [7, 11) is 0. The molecule has 3 heteroatoms. The van der Waals surface area contributed by atoms with Gasteiger partial charge < -0.3 is 5.32 Å². The maximum absolute atomic E-state index is 4.56. The Kier molecular flexibility index (Phi) is 2.14. The molecule has 0 fully saturated rings. The van der Waals surface area contributed by atoms with Gasteiger partial charge in [0.05, 0.1) is 17.9 Å². The zero-order chi connectivity index (χ0) is 10.8. The highest BCUT2D eigenvalue weighted by atomic mass is 15.0. The summed E-state index contributed by atoms with van der Waals surface area (Å²) in [6, 6.07) is 14.1. The molecule has 1 N–H and O–H groups in total. The summed E-state index contributed by atoms with van der Waals surface area (Å²) in [5, 5.41) is 3.32. The summed E-state index contributed by atoms with van der Waals surface area (Å²) in [6.45, 7) is 0.753. The Bertz CT molecular complexity index is 532. The molecule has 78 valence electrons. The SMILES string of the molecule is c1ccc(C2=Nc3ncccc3NC2)cc1. The minimum Gasteiger partial charge on any atom is -0.376 e. The van der Waals surface area contributed by atoms with E-state index in [4.69, 9.17) is 0 Å². The van der Waals surface area contributed by atoms with Crippen LogP contribution in [0.4, 0.5) is 11.5 Å². The third-order valence-electron chi connectivity index (χ3n) is 2.58. The predicted octanol–water partition coefficient (Wildman–Crippen LogP) is 2.63. The normalized spacial score (nSPS) is 13.6. The zero-order valence-corrected chi connectivity index (χ0v) is 8.72. The van der Waals surface area contributed by atoms with Crippen LogP contribution in [-0.2, 0) is 0 Å². The van der Waals surface area contributed by atoms with Crippen molar-refractivity contribution in [3.8, 4) is 0 Å². The third-order valence-corrected chi connectivity index (χ3v) is 2.58. The van der Waals surface area contributed by atoms with Gasteiger partial charge in [-0.2, -0.15) is 0 Å². The lowest BCUT2D eigenvalue weighted by Crippen LogP contribution is -2.18. The quantitative estimate of drug-likeness (QED) is 0.783. The molecule has 1 aliphatic rings. The average Bonchev–Trinajstić information content (AvgIpc) is 2.39. The monoisotopic (exact) mass is 209 g/mol. The molecule has 1 aromatic heterocycles. The second-order valence-corrected chi connectivity index (χ2v) is 3.65. The Morgan fingerprint density at radius 2 is 1.88 bits per heavy atom. The second-order valence-electron chi connectivity index (χ2n) is 3.65. The van der Waals surface area contributed by atoms with Crippen LogP contribution in [0.25, 0.3) is 0 Å². The molecular formula is C13H11N3. The van der Waals surface area contributed by atoms with Crippen molar-refractivity contribution in [2.45, 2.75) is 0 Å². The molecule has 0 amide bonds. The summed E-state index contributed by atoms with van der Waals surface area (Å²) < 4.78 is 0. The summed E-state index contributed by atoms with van der Waals surface area (Å²) >= 11 is 0. The molecule has 0 spiro atoms. The van der Waals surface area contributed by atoms with E-state index in [1.54, 1.807) is 6.20 Å². The fourth-order valence-corrected chi connectivity index (χ4v) is 1.77. The topological polar surface area (TPSA) is 37.3 Å². The predicted molar refractivity (Wildman–Crippen MR) is 65.4 cm³/mol. The number of fused-ring (bicyclic) bond motifs is 1. The summed E-state index contributed by atoms with van der Waals surface area (Å²) in [5.41, 5.74) is 3.18. The van der Waals surface area contributed by atoms with Crippen LogP contribution in [0.2, 0.25) is 0 Å². The van der Waals surface area contributed by atoms with Gasteiger partial charge in [-0.3, -0.25) is 0 Å². The standard InChI is InChI=1S/C13H11N3/c1-2-5-10(6-3-1)12-9-15-11-7-4-8-14-13(11)16-12/h1-8,15H,9H2. The molecule has 0 unspecified atom stereocenters. The smallest absolute Gasteiger partial charge is 0.175 e. The van der Waals surface area contributed by atoms with Crippen molar-refractivity contribution >= 4 is 17.2 Å². The van der Waals surface area contributed by atoms with E-state index in [1.165, 1.54) is 0 Å². The van der Waals surface area contributed by atoms with E-state index in [-0.39, 0.29) is 0 Å². The van der Waals surface area contributed by atoms with Crippen LogP contribution in [0.3, 0.4) is 0 Å². The molecule has 0 aliphatic carbocycles. The van der Waals surface area contributed by atoms with Gasteiger partial charge in [0.2, 0.25) is 0 Å². The molecule has 0 radical (unpaired) electrons. The average molecular weight is 209 g/mol. The molecule has 0 saturated heterocycles. The van der Waals surface area contributed by atoms with Gasteiger partial charge in [-0.25, -0.2) is 9.98 Å². The van der Waals surface area contributed by atoms with Gasteiger partial charge in [-0.1, -0.05) is 30.3 Å². The van der Waals surface area contributed by atoms with Gasteiger partial charge in [0.15, 0.2) is 5.82 Å². The number of pyridine rings is 1. The van der Waals surface area contributed by atoms with Crippen LogP contribution >= 0.6 is 0 Å². The van der Waals surface area contributed by atoms with Gasteiger partial charge in [0.1, 0.15) is 0 Å². The largest absolute Gasteiger partial charge is 0.376 e. The molecule has 0 atom stereocenters. The molecule has 0 saturated carbocycles. The van der Waals surface area contributed by atoms with Crippen molar-refractivity contribution in [3.05, 3.63) is 54.2 Å². The van der Waals surface area contributed by atoms with E-state index >= 15 is 0 Å². The minimum absolute atomic E-state index is 0.753. The number of nitrogens with zero attached hydrogens (tertiary/aromatic N) is 2. The number of rotatable bonds is 1. The first-order chi connectivity index (χ1) is 7.93. The third kappa shape index (κ3) is 1.56. The Hall–Kier alpha value is -2.16. The zero-order valence-electron chi connectivity index (χ0n) is 8.72. The van der Waals surface area contributed by atoms with Crippen molar-refractivity contribution in [2.75, 3.05) is 11.9 Å². The fraction of sp³-hybridized carbons (Fsp3) is 0.0769. The van der Waals surface area contributed by atoms with Crippen molar-refractivity contribution in [2.24, 2.45) is 4.99 Å². The molecule has 3 rings (SSSR count). The number of hydrogen-bond acceptors (Lipinski definition) is 3. The Balaban J connectivity index is 2.04. The van der Waals surface area contributed by atoms with Crippen molar-refractivity contribution in [1.29, 1.82) is 0 Å². The Morgan fingerprint density at radius 1 is 1.00 bits per heavy atom. The highest BCUT2D eigenvalue weighted by Crippen LogP contribution is 2.25. The first-order valence-corrected chi connectivity index (χ1v) is 5.25. The lowest BCUT2D eigenvalue weighted by molar-refractivity contribution is 1.20. The Labute approximate surface area is 93.9 Å². The first kappa shape index (κ1) is 9.09. The van der Waals surface area contributed by atoms with Gasteiger partial charge in [-0.05, 0) is 17.7 Å². The van der Waals surface area contributed by atoms with E-state index in [0.717, 1.165) is 29.3 Å². The van der Waals surface area contributed by atoms with Crippen LogP contribution in [0.5, 0.6) is 0 Å². The number of anilines is 1. The molecular weight excluding hydrogens is 198 g/mol. The number of benzene rings is 1. The van der Waals surface area contributed by atoms with E-state index in [0.29, 0.717) is 0 Å². The van der Waals surface area contributed by atoms with Gasteiger partial charge >= 0.3 is 0 Å². The molecule has 16 heavy (non-hydrogen) atoms. The summed E-state index contributed by atoms with van der Waals surface area (Å²) in [5.74, 6) is 0.771. The molecule has 2 heterocycles. The van der Waals surface area contributed by atoms with Crippen LogP contribution in [0.15, 0.2) is 53.7 Å². The lowest BCUT2D eigenvalue weighted by atomic mass is 10.1. The number of hydrogen-bond donors (Lipinski definition) is 1. The number of aromatic nitrogens is 1. The number of aliphatic imine (C=N–C) groups is 1. The lowest BCUT2D eigenvalue weighted by Gasteiger charge is -2.16. The fourth-order valence-electron chi connectivity index (χ4n) is 1.77. The van der Waals surface area contributed by atoms with Crippen LogP contribution in [0, 0.1) is 0 Å². The van der Waals surface area contributed by atoms with Gasteiger partial charge in [-0.15, -0.1) is 0 Å². The molecule has 1 aliphatic heterocycles. The highest BCUT2D eigenvalue weighted by molar-refractivity contribution is 6.06. The van der Waals surface area contributed by atoms with Crippen molar-refractivity contribution in [1.82, 2.24) is 4.98 Å². The number of nitrogens with one attached hydrogen (secondary N) is 1. The van der Waals surface area contributed by atoms with E-state index in [2.05, 4.69) is 27.4 Å². The first-order valence-electron chi connectivity index (χ1n) is 5.25. The van der Waals surface area contributed by atoms with E-state index < -0.39 is 0 Å². The summed E-state index contributed by atoms with van der Waals surface area (Å²) in [4.78, 5) is 8.80. The van der Waals surface area contributed by atoms with Crippen molar-refractivity contribution < 1.29 is 0 Å². The van der Waals surface area contributed by atoms with Gasteiger partial charge in [0, 0.05) is 6.20 Å². The Morgan fingerprint density at radius 3 is 2.75 bits per heavy atom. The van der Waals surface area contributed by atoms with Crippen molar-refractivity contribution in [3.63, 3.8) is 0 Å². The van der Waals surface area contributed by atoms with Crippen LogP contribution < -0.4 is 5.32 Å². The molecule has 0 bridgehead atoms.